The molecule has 2 aromatic heterocycles. The van der Waals surface area contributed by atoms with Gasteiger partial charge in [0.25, 0.3) is 0 Å². The Hall–Kier alpha value is -4.38. The van der Waals surface area contributed by atoms with Gasteiger partial charge in [-0.05, 0) is 64.1 Å². The maximum Gasteiger partial charge on any atom is 0.311 e. The van der Waals surface area contributed by atoms with Gasteiger partial charge in [-0.3, -0.25) is 19.3 Å². The average molecular weight is 552 g/mol. The second-order valence-electron chi connectivity index (χ2n) is 8.28. The molecule has 11 heteroatoms. The maximum atomic E-state index is 13.4. The number of allylic oxidation sites excluding steroid dienone is 1. The van der Waals surface area contributed by atoms with Crippen LogP contribution in [0.1, 0.15) is 41.7 Å². The monoisotopic (exact) mass is 551 g/mol. The van der Waals surface area contributed by atoms with Crippen LogP contribution >= 0.6 is 11.3 Å². The molecule has 2 aromatic carbocycles. The standard InChI is InChI=1S/C28H29N3O7S/c1-6-36-24-14-19(15-25(37-7-2)27(24)38-8-3)22(32)11-10-20-26(29-28-30(20)16-17(4)39-28)18-9-12-23(35-5)21(13-18)31(33)34/h9-16H,6-8H2,1-5H3. The zero-order chi connectivity index (χ0) is 28.1. The minimum absolute atomic E-state index is 0.151. The minimum atomic E-state index is -0.498. The third kappa shape index (κ3) is 5.73. The van der Waals surface area contributed by atoms with E-state index in [0.29, 0.717) is 64.5 Å². The van der Waals surface area contributed by atoms with Crippen LogP contribution in [-0.2, 0) is 0 Å². The van der Waals surface area contributed by atoms with Crippen LogP contribution in [0.3, 0.4) is 0 Å². The number of nitrogens with zero attached hydrogens (tertiary/aromatic N) is 3. The van der Waals surface area contributed by atoms with Gasteiger partial charge in [0.15, 0.2) is 28.0 Å². The van der Waals surface area contributed by atoms with Gasteiger partial charge in [-0.2, -0.15) is 0 Å². The molecule has 204 valence electrons. The third-order valence-corrected chi connectivity index (χ3v) is 6.61. The van der Waals surface area contributed by atoms with Crippen LogP contribution in [0.5, 0.6) is 23.0 Å². The lowest BCUT2D eigenvalue weighted by Gasteiger charge is -2.16. The van der Waals surface area contributed by atoms with Gasteiger partial charge >= 0.3 is 5.69 Å². The number of ether oxygens (including phenoxy) is 4. The van der Waals surface area contributed by atoms with Crippen molar-refractivity contribution in [3.8, 4) is 34.3 Å². The number of fused-ring (bicyclic) bond motifs is 1. The highest BCUT2D eigenvalue weighted by Gasteiger charge is 2.21. The fourth-order valence-corrected chi connectivity index (χ4v) is 4.94. The van der Waals surface area contributed by atoms with Crippen molar-refractivity contribution >= 4 is 33.8 Å². The lowest BCUT2D eigenvalue weighted by atomic mass is 10.1. The first kappa shape index (κ1) is 27.6. The highest BCUT2D eigenvalue weighted by molar-refractivity contribution is 7.17. The van der Waals surface area contributed by atoms with Crippen LogP contribution in [0.15, 0.2) is 42.6 Å². The number of hydrogen-bond acceptors (Lipinski definition) is 9. The second kappa shape index (κ2) is 12.0. The molecule has 39 heavy (non-hydrogen) atoms. The molecule has 4 rings (SSSR count). The van der Waals surface area contributed by atoms with Crippen LogP contribution in [0.2, 0.25) is 0 Å². The molecule has 0 N–H and O–H groups in total. The van der Waals surface area contributed by atoms with Crippen molar-refractivity contribution < 1.29 is 28.7 Å². The van der Waals surface area contributed by atoms with Gasteiger partial charge in [0.05, 0.1) is 43.2 Å². The number of carbonyl (C=O) groups excluding carboxylic acids is 1. The summed E-state index contributed by atoms with van der Waals surface area (Å²) in [6.07, 6.45) is 5.02. The van der Waals surface area contributed by atoms with E-state index in [-0.39, 0.29) is 17.2 Å². The molecule has 0 radical (unpaired) electrons. The number of nitro benzene ring substituents is 1. The van der Waals surface area contributed by atoms with Crippen LogP contribution in [-0.4, -0.2) is 47.0 Å². The molecule has 0 bridgehead atoms. The molecule has 0 spiro atoms. The van der Waals surface area contributed by atoms with Crippen molar-refractivity contribution in [2.24, 2.45) is 0 Å². The van der Waals surface area contributed by atoms with E-state index in [1.54, 1.807) is 24.3 Å². The number of carbonyl (C=O) groups is 1. The molecule has 2 heterocycles. The van der Waals surface area contributed by atoms with Crippen molar-refractivity contribution in [3.63, 3.8) is 0 Å². The number of benzene rings is 2. The Balaban J connectivity index is 1.79. The average Bonchev–Trinajstić information content (AvgIpc) is 3.44. The summed E-state index contributed by atoms with van der Waals surface area (Å²) in [6.45, 7) is 8.72. The van der Waals surface area contributed by atoms with Crippen molar-refractivity contribution in [2.45, 2.75) is 27.7 Å². The van der Waals surface area contributed by atoms with Crippen molar-refractivity contribution in [3.05, 3.63) is 68.9 Å². The van der Waals surface area contributed by atoms with E-state index < -0.39 is 4.92 Å². The number of aryl methyl sites for hydroxylation is 1. The number of aromatic nitrogens is 2. The van der Waals surface area contributed by atoms with E-state index in [1.165, 1.54) is 36.7 Å². The number of thiazole rings is 1. The minimum Gasteiger partial charge on any atom is -0.490 e. The molecule has 0 aliphatic rings. The summed E-state index contributed by atoms with van der Waals surface area (Å²) in [5.41, 5.74) is 1.85. The van der Waals surface area contributed by atoms with Gasteiger partial charge in [-0.25, -0.2) is 4.98 Å². The quantitative estimate of drug-likeness (QED) is 0.0862. The Labute approximate surface area is 229 Å². The van der Waals surface area contributed by atoms with E-state index in [4.69, 9.17) is 23.9 Å². The Kier molecular flexibility index (Phi) is 8.50. The molecule has 10 nitrogen and oxygen atoms in total. The number of imidazole rings is 1. The zero-order valence-electron chi connectivity index (χ0n) is 22.3. The van der Waals surface area contributed by atoms with E-state index in [9.17, 15) is 14.9 Å². The predicted molar refractivity (Wildman–Crippen MR) is 150 cm³/mol. The summed E-state index contributed by atoms with van der Waals surface area (Å²) in [5.74, 6) is 1.17. The number of nitro groups is 1. The molecule has 0 saturated carbocycles. The summed E-state index contributed by atoms with van der Waals surface area (Å²) in [6, 6.07) is 7.94. The number of ketones is 1. The Morgan fingerprint density at radius 2 is 1.72 bits per heavy atom. The first-order valence-electron chi connectivity index (χ1n) is 12.4. The summed E-state index contributed by atoms with van der Waals surface area (Å²) >= 11 is 1.48. The molecule has 0 unspecified atom stereocenters. The lowest BCUT2D eigenvalue weighted by molar-refractivity contribution is -0.385. The first-order valence-corrected chi connectivity index (χ1v) is 13.2. The zero-order valence-corrected chi connectivity index (χ0v) is 23.2. The SMILES string of the molecule is CCOc1cc(C(=O)C=Cc2c(-c3ccc(OC)c([N+](=O)[O-])c3)nc3sc(C)cn23)cc(OCC)c1OCC. The molecule has 0 aliphatic carbocycles. The first-order chi connectivity index (χ1) is 18.8. The van der Waals surface area contributed by atoms with Crippen LogP contribution in [0.4, 0.5) is 5.69 Å². The molecule has 4 aromatic rings. The molecule has 0 atom stereocenters. The maximum absolute atomic E-state index is 13.4. The molecular formula is C28H29N3O7S. The van der Waals surface area contributed by atoms with Gasteiger partial charge in [-0.1, -0.05) is 0 Å². The highest BCUT2D eigenvalue weighted by Crippen LogP contribution is 2.40. The van der Waals surface area contributed by atoms with Gasteiger partial charge in [0, 0.05) is 28.3 Å². The van der Waals surface area contributed by atoms with Crippen molar-refractivity contribution in [2.75, 3.05) is 26.9 Å². The molecule has 0 saturated heterocycles. The predicted octanol–water partition coefficient (Wildman–Crippen LogP) is 6.38. The van der Waals surface area contributed by atoms with Crippen LogP contribution in [0.25, 0.3) is 22.3 Å². The van der Waals surface area contributed by atoms with Crippen LogP contribution in [0, 0.1) is 17.0 Å². The Morgan fingerprint density at radius 1 is 1.05 bits per heavy atom. The van der Waals surface area contributed by atoms with Gasteiger partial charge in [0.1, 0.15) is 0 Å². The molecular weight excluding hydrogens is 522 g/mol. The molecule has 0 amide bonds. The fraction of sp³-hybridized carbons (Fsp3) is 0.286. The number of hydrogen-bond donors (Lipinski definition) is 0. The highest BCUT2D eigenvalue weighted by atomic mass is 32.1. The molecule has 0 aliphatic heterocycles. The van der Waals surface area contributed by atoms with E-state index in [1.807, 2.05) is 38.3 Å². The van der Waals surface area contributed by atoms with Gasteiger partial charge in [0.2, 0.25) is 5.75 Å². The van der Waals surface area contributed by atoms with Crippen LogP contribution < -0.4 is 18.9 Å². The number of methoxy groups -OCH3 is 1. The van der Waals surface area contributed by atoms with Crippen molar-refractivity contribution in [1.82, 2.24) is 9.38 Å². The van der Waals surface area contributed by atoms with Gasteiger partial charge in [-0.15, -0.1) is 11.3 Å². The summed E-state index contributed by atoms with van der Waals surface area (Å²) in [4.78, 5) is 30.9. The summed E-state index contributed by atoms with van der Waals surface area (Å²) in [5, 5.41) is 11.6. The lowest BCUT2D eigenvalue weighted by Crippen LogP contribution is -2.05. The molecule has 0 fully saturated rings. The van der Waals surface area contributed by atoms with E-state index in [2.05, 4.69) is 0 Å². The third-order valence-electron chi connectivity index (χ3n) is 5.71. The Morgan fingerprint density at radius 3 is 2.31 bits per heavy atom. The number of rotatable bonds is 12. The summed E-state index contributed by atoms with van der Waals surface area (Å²) < 4.78 is 24.2. The topological polar surface area (TPSA) is 114 Å². The smallest absolute Gasteiger partial charge is 0.311 e. The largest absolute Gasteiger partial charge is 0.490 e. The second-order valence-corrected chi connectivity index (χ2v) is 9.50. The van der Waals surface area contributed by atoms with E-state index in [0.717, 1.165) is 4.88 Å². The van der Waals surface area contributed by atoms with Crippen molar-refractivity contribution in [1.29, 1.82) is 0 Å². The fourth-order valence-electron chi connectivity index (χ4n) is 4.11. The normalized spacial score (nSPS) is 11.2. The van der Waals surface area contributed by atoms with Gasteiger partial charge < -0.3 is 18.9 Å². The Bertz CT molecular complexity index is 1530. The van der Waals surface area contributed by atoms with E-state index >= 15 is 0 Å². The summed E-state index contributed by atoms with van der Waals surface area (Å²) in [7, 11) is 1.38.